The molecule has 262 valence electrons. The molecule has 0 aliphatic carbocycles. The molecule has 3 unspecified atom stereocenters. The van der Waals surface area contributed by atoms with Crippen molar-refractivity contribution in [1.82, 2.24) is 4.90 Å². The molecule has 0 spiro atoms. The van der Waals surface area contributed by atoms with Crippen molar-refractivity contribution in [2.75, 3.05) is 66.4 Å². The zero-order chi connectivity index (χ0) is 34.7. The first kappa shape index (κ1) is 34.4. The Labute approximate surface area is 288 Å². The highest BCUT2D eigenvalue weighted by molar-refractivity contribution is 5.95. The van der Waals surface area contributed by atoms with E-state index >= 15 is 0 Å². The summed E-state index contributed by atoms with van der Waals surface area (Å²) in [5, 5.41) is 10.8. The number of quaternary nitrogens is 1. The first-order valence-electron chi connectivity index (χ1n) is 17.1. The first-order chi connectivity index (χ1) is 23.6. The molecule has 0 bridgehead atoms. The Morgan fingerprint density at radius 2 is 1.73 bits per heavy atom. The molecular formula is C38H48N3O8+. The number of carboxylic acid groups (broad SMARTS) is 1. The van der Waals surface area contributed by atoms with Gasteiger partial charge in [0.05, 0.1) is 40.7 Å². The van der Waals surface area contributed by atoms with E-state index in [1.54, 1.807) is 7.11 Å². The smallest absolute Gasteiger partial charge is 0.308 e. The number of rotatable bonds is 14. The van der Waals surface area contributed by atoms with Crippen LogP contribution in [0.4, 0.5) is 5.69 Å². The lowest BCUT2D eigenvalue weighted by atomic mass is 9.83. The van der Waals surface area contributed by atoms with Crippen molar-refractivity contribution >= 4 is 17.6 Å². The van der Waals surface area contributed by atoms with E-state index in [2.05, 4.69) is 45.1 Å². The Bertz CT molecular complexity index is 1670. The minimum Gasteiger partial charge on any atom is -0.493 e. The number of methoxy groups -OCH3 is 1. The van der Waals surface area contributed by atoms with Crippen LogP contribution in [0.5, 0.6) is 28.7 Å². The standard InChI is InChI=1S/C38H47N3O8/c1-6-7-16-40(28-12-8-10-25(17-28)22-41(2,3)4)34(42)21-39-20-29(27-18-32(45-5)37-33(19-27)47-24-49-37)35(38(43)44)30(39)15-14-26-11-9-13-31-36(26)48-23-46-31/h8-13,17-19,29-30,35H,6-7,14-16,20-24H2,1-5H3/p+1. The zero-order valence-corrected chi connectivity index (χ0v) is 29.1. The van der Waals surface area contributed by atoms with E-state index in [0.717, 1.165) is 46.2 Å². The van der Waals surface area contributed by atoms with Crippen molar-refractivity contribution in [3.8, 4) is 28.7 Å². The van der Waals surface area contributed by atoms with Gasteiger partial charge in [-0.1, -0.05) is 37.6 Å². The van der Waals surface area contributed by atoms with Gasteiger partial charge in [0.25, 0.3) is 0 Å². The molecular weight excluding hydrogens is 626 g/mol. The number of unbranched alkanes of at least 4 members (excludes halogenated alkanes) is 1. The number of carbonyl (C=O) groups excluding carboxylic acids is 1. The van der Waals surface area contributed by atoms with Crippen LogP contribution in [-0.4, -0.2) is 93.9 Å². The third-order valence-corrected chi connectivity index (χ3v) is 9.58. The lowest BCUT2D eigenvalue weighted by Crippen LogP contribution is -2.44. The normalized spacial score (nSPS) is 19.7. The van der Waals surface area contributed by atoms with E-state index in [4.69, 9.17) is 23.7 Å². The summed E-state index contributed by atoms with van der Waals surface area (Å²) in [6, 6.07) is 17.3. The van der Waals surface area contributed by atoms with Gasteiger partial charge in [-0.2, -0.15) is 0 Å². The lowest BCUT2D eigenvalue weighted by Gasteiger charge is -2.30. The number of nitrogens with zero attached hydrogens (tertiary/aromatic N) is 3. The van der Waals surface area contributed by atoms with E-state index in [9.17, 15) is 14.7 Å². The molecule has 3 atom stereocenters. The molecule has 0 radical (unpaired) electrons. The summed E-state index contributed by atoms with van der Waals surface area (Å²) < 4.78 is 29.1. The quantitative estimate of drug-likeness (QED) is 0.228. The fraction of sp³-hybridized carbons (Fsp3) is 0.474. The van der Waals surface area contributed by atoms with Crippen molar-refractivity contribution in [2.24, 2.45) is 5.92 Å². The number of hydrogen-bond donors (Lipinski definition) is 1. The zero-order valence-electron chi connectivity index (χ0n) is 29.1. The van der Waals surface area contributed by atoms with Crippen molar-refractivity contribution in [2.45, 2.75) is 51.1 Å². The van der Waals surface area contributed by atoms with E-state index < -0.39 is 23.8 Å². The van der Waals surface area contributed by atoms with Crippen LogP contribution in [0.3, 0.4) is 0 Å². The van der Waals surface area contributed by atoms with Crippen molar-refractivity contribution < 1.29 is 42.9 Å². The van der Waals surface area contributed by atoms with Crippen molar-refractivity contribution in [1.29, 1.82) is 0 Å². The molecule has 6 rings (SSSR count). The predicted molar refractivity (Wildman–Crippen MR) is 185 cm³/mol. The topological polar surface area (TPSA) is 107 Å². The Balaban J connectivity index is 1.33. The third-order valence-electron chi connectivity index (χ3n) is 9.58. The highest BCUT2D eigenvalue weighted by Crippen LogP contribution is 2.47. The molecule has 1 saturated heterocycles. The second-order valence-corrected chi connectivity index (χ2v) is 14.1. The molecule has 3 aromatic carbocycles. The van der Waals surface area contributed by atoms with Gasteiger partial charge in [0.1, 0.15) is 6.54 Å². The molecule has 0 saturated carbocycles. The number of carbonyl (C=O) groups is 2. The van der Waals surface area contributed by atoms with Crippen LogP contribution in [0, 0.1) is 5.92 Å². The minimum atomic E-state index is -0.907. The van der Waals surface area contributed by atoms with Gasteiger partial charge in [-0.3, -0.25) is 14.5 Å². The van der Waals surface area contributed by atoms with Crippen LogP contribution in [0.15, 0.2) is 54.6 Å². The molecule has 1 N–H and O–H groups in total. The SMILES string of the molecule is CCCCN(C(=O)CN1CC(c2cc(OC)c3c(c2)OCO3)C(C(=O)O)C1CCc1cccc2c1OCO2)c1cccc(C[N+](C)(C)C)c1. The number of anilines is 1. The molecule has 11 nitrogen and oxygen atoms in total. The Morgan fingerprint density at radius 3 is 2.47 bits per heavy atom. The van der Waals surface area contributed by atoms with Gasteiger partial charge >= 0.3 is 5.97 Å². The fourth-order valence-corrected chi connectivity index (χ4v) is 7.39. The van der Waals surface area contributed by atoms with E-state index in [0.29, 0.717) is 54.7 Å². The number of ether oxygens (including phenoxy) is 5. The maximum absolute atomic E-state index is 14.4. The summed E-state index contributed by atoms with van der Waals surface area (Å²) in [4.78, 5) is 31.5. The van der Waals surface area contributed by atoms with Gasteiger partial charge in [0, 0.05) is 36.3 Å². The van der Waals surface area contributed by atoms with Crippen molar-refractivity contribution in [3.05, 3.63) is 71.3 Å². The molecule has 3 aromatic rings. The van der Waals surface area contributed by atoms with Gasteiger partial charge in [0.15, 0.2) is 23.0 Å². The molecule has 3 aliphatic heterocycles. The minimum absolute atomic E-state index is 0.0498. The van der Waals surface area contributed by atoms with Crippen LogP contribution >= 0.6 is 0 Å². The molecule has 3 heterocycles. The number of likely N-dealkylation sites (tertiary alicyclic amines) is 1. The molecule has 3 aliphatic rings. The van der Waals surface area contributed by atoms with Crippen molar-refractivity contribution in [3.63, 3.8) is 0 Å². The number of carboxylic acids is 1. The first-order valence-corrected chi connectivity index (χ1v) is 17.1. The summed E-state index contributed by atoms with van der Waals surface area (Å²) >= 11 is 0. The summed E-state index contributed by atoms with van der Waals surface area (Å²) in [6.07, 6.45) is 2.87. The summed E-state index contributed by atoms with van der Waals surface area (Å²) in [7, 11) is 8.00. The highest BCUT2D eigenvalue weighted by atomic mass is 16.7. The predicted octanol–water partition coefficient (Wildman–Crippen LogP) is 5.29. The van der Waals surface area contributed by atoms with E-state index in [-0.39, 0.29) is 26.0 Å². The molecule has 0 aromatic heterocycles. The van der Waals surface area contributed by atoms with E-state index in [1.807, 2.05) is 47.4 Å². The van der Waals surface area contributed by atoms with Crippen LogP contribution in [0.1, 0.15) is 48.8 Å². The van der Waals surface area contributed by atoms with Gasteiger partial charge in [-0.15, -0.1) is 0 Å². The molecule has 1 fully saturated rings. The number of fused-ring (bicyclic) bond motifs is 2. The summed E-state index contributed by atoms with van der Waals surface area (Å²) in [6.45, 7) is 4.22. The highest BCUT2D eigenvalue weighted by Gasteiger charge is 2.47. The second kappa shape index (κ2) is 14.6. The fourth-order valence-electron chi connectivity index (χ4n) is 7.39. The Hall–Kier alpha value is -4.48. The summed E-state index contributed by atoms with van der Waals surface area (Å²) in [5.41, 5.74) is 3.76. The lowest BCUT2D eigenvalue weighted by molar-refractivity contribution is -0.884. The van der Waals surface area contributed by atoms with Gasteiger partial charge in [0.2, 0.25) is 25.2 Å². The van der Waals surface area contributed by atoms with Gasteiger partial charge < -0.3 is 38.2 Å². The second-order valence-electron chi connectivity index (χ2n) is 14.1. The number of aliphatic carboxylic acids is 1. The van der Waals surface area contributed by atoms with Crippen LogP contribution in [0.2, 0.25) is 0 Å². The number of aryl methyl sites for hydroxylation is 1. The van der Waals surface area contributed by atoms with Gasteiger partial charge in [-0.05, 0) is 60.7 Å². The maximum atomic E-state index is 14.4. The Kier molecular flexibility index (Phi) is 10.2. The Morgan fingerprint density at radius 1 is 0.980 bits per heavy atom. The van der Waals surface area contributed by atoms with Crippen LogP contribution in [-0.2, 0) is 22.6 Å². The number of benzene rings is 3. The van der Waals surface area contributed by atoms with Gasteiger partial charge in [-0.25, -0.2) is 0 Å². The average Bonchev–Trinajstić information content (AvgIpc) is 3.82. The number of para-hydroxylation sites is 1. The number of amides is 1. The van der Waals surface area contributed by atoms with E-state index in [1.165, 1.54) is 0 Å². The average molecular weight is 675 g/mol. The molecule has 1 amide bonds. The monoisotopic (exact) mass is 674 g/mol. The maximum Gasteiger partial charge on any atom is 0.308 e. The third kappa shape index (κ3) is 7.58. The summed E-state index contributed by atoms with van der Waals surface area (Å²) in [5.74, 6) is 0.764. The molecule has 49 heavy (non-hydrogen) atoms. The largest absolute Gasteiger partial charge is 0.493 e. The molecule has 11 heteroatoms. The number of hydrogen-bond acceptors (Lipinski definition) is 8. The van der Waals surface area contributed by atoms with Crippen LogP contribution < -0.4 is 28.6 Å². The van der Waals surface area contributed by atoms with Crippen LogP contribution in [0.25, 0.3) is 0 Å².